The van der Waals surface area contributed by atoms with Crippen LogP contribution < -0.4 is 5.73 Å². The zero-order chi connectivity index (χ0) is 28.9. The number of benzene rings is 1. The van der Waals surface area contributed by atoms with Crippen molar-refractivity contribution < 1.29 is 0 Å². The quantitative estimate of drug-likeness (QED) is 0.174. The fraction of sp³-hybridized carbons (Fsp3) is 0.571. The van der Waals surface area contributed by atoms with Gasteiger partial charge in [-0.2, -0.15) is 0 Å². The van der Waals surface area contributed by atoms with Gasteiger partial charge in [0.25, 0.3) is 0 Å². The average molecular weight is 535 g/mol. The molecule has 2 N–H and O–H groups in total. The fourth-order valence-electron chi connectivity index (χ4n) is 6.52. The van der Waals surface area contributed by atoms with E-state index >= 15 is 0 Å². The van der Waals surface area contributed by atoms with Crippen molar-refractivity contribution in [3.05, 3.63) is 68.3 Å². The number of allylic oxidation sites excluding steroid dienone is 5. The summed E-state index contributed by atoms with van der Waals surface area (Å²) in [7, 11) is 0. The summed E-state index contributed by atoms with van der Waals surface area (Å²) >= 11 is 6.05. The van der Waals surface area contributed by atoms with Gasteiger partial charge in [-0.15, -0.1) is 0 Å². The summed E-state index contributed by atoms with van der Waals surface area (Å²) in [6, 6.07) is 1.15. The number of nitrogens with zero attached hydrogens (tertiary/aromatic N) is 1. The average Bonchev–Trinajstić information content (AvgIpc) is 3.34. The van der Waals surface area contributed by atoms with E-state index in [-0.39, 0.29) is 0 Å². The molecule has 1 aliphatic rings. The van der Waals surface area contributed by atoms with Crippen LogP contribution in [0, 0.1) is 6.92 Å². The molecule has 2 nitrogen and oxygen atoms in total. The van der Waals surface area contributed by atoms with Crippen LogP contribution >= 0.6 is 12.2 Å². The molecule has 0 aliphatic carbocycles. The second kappa shape index (κ2) is 13.8. The number of thiocarbonyl (C=S) groups is 1. The number of rotatable bonds is 11. The largest absolute Gasteiger partial charge is 0.398 e. The lowest BCUT2D eigenvalue weighted by Crippen LogP contribution is -2.34. The highest BCUT2D eigenvalue weighted by Crippen LogP contribution is 2.42. The van der Waals surface area contributed by atoms with E-state index < -0.39 is 0 Å². The van der Waals surface area contributed by atoms with E-state index in [1.54, 1.807) is 0 Å². The highest BCUT2D eigenvalue weighted by molar-refractivity contribution is 7.81. The summed E-state index contributed by atoms with van der Waals surface area (Å²) in [6.45, 7) is 29.2. The van der Waals surface area contributed by atoms with Gasteiger partial charge in [0.2, 0.25) is 0 Å². The molecule has 1 aromatic rings. The number of likely N-dealkylation sites (tertiary alicyclic amines) is 1. The van der Waals surface area contributed by atoms with Gasteiger partial charge in [0.05, 0.1) is 0 Å². The van der Waals surface area contributed by atoms with Crippen LogP contribution in [-0.2, 0) is 19.3 Å². The maximum absolute atomic E-state index is 7.25. The lowest BCUT2D eigenvalue weighted by molar-refractivity contribution is 0.283. The zero-order valence-electron chi connectivity index (χ0n) is 26.3. The van der Waals surface area contributed by atoms with Crippen molar-refractivity contribution in [2.45, 2.75) is 133 Å². The monoisotopic (exact) mass is 534 g/mol. The Morgan fingerprint density at radius 2 is 1.37 bits per heavy atom. The first kappa shape index (κ1) is 32.1. The molecule has 1 fully saturated rings. The SMILES string of the molecule is C=C(c1c(C)c(CC)c(/C(N)=C(/C(=S)/C(C)=C\C)C(C)=C(C)C)c(CC)c1CC)N1C(CC)CCC1CC. The summed E-state index contributed by atoms with van der Waals surface area (Å²) in [5.41, 5.74) is 21.9. The summed E-state index contributed by atoms with van der Waals surface area (Å²) < 4.78 is 0. The highest BCUT2D eigenvalue weighted by atomic mass is 32.1. The van der Waals surface area contributed by atoms with Gasteiger partial charge in [0.15, 0.2) is 0 Å². The van der Waals surface area contributed by atoms with Gasteiger partial charge in [-0.25, -0.2) is 0 Å². The van der Waals surface area contributed by atoms with Crippen LogP contribution in [-0.4, -0.2) is 21.8 Å². The Kier molecular flexibility index (Phi) is 11.6. The third-order valence-electron chi connectivity index (χ3n) is 9.00. The van der Waals surface area contributed by atoms with Crippen LogP contribution in [0.5, 0.6) is 0 Å². The molecule has 210 valence electrons. The highest BCUT2D eigenvalue weighted by Gasteiger charge is 2.34. The Labute approximate surface area is 240 Å². The molecule has 0 aromatic heterocycles. The second-order valence-corrected chi connectivity index (χ2v) is 11.5. The molecule has 3 heteroatoms. The smallest absolute Gasteiger partial charge is 0.0498 e. The molecule has 0 radical (unpaired) electrons. The van der Waals surface area contributed by atoms with Crippen LogP contribution in [0.3, 0.4) is 0 Å². The molecule has 0 saturated carbocycles. The van der Waals surface area contributed by atoms with E-state index in [9.17, 15) is 0 Å². The third-order valence-corrected chi connectivity index (χ3v) is 9.53. The predicted octanol–water partition coefficient (Wildman–Crippen LogP) is 9.67. The Hall–Kier alpha value is -2.13. The molecule has 0 bridgehead atoms. The Balaban J connectivity index is 3.03. The van der Waals surface area contributed by atoms with Gasteiger partial charge in [0, 0.05) is 45.0 Å². The van der Waals surface area contributed by atoms with Crippen molar-refractivity contribution in [1.82, 2.24) is 4.90 Å². The van der Waals surface area contributed by atoms with Gasteiger partial charge in [-0.3, -0.25) is 0 Å². The molecule has 2 rings (SSSR count). The van der Waals surface area contributed by atoms with Crippen molar-refractivity contribution in [2.24, 2.45) is 5.73 Å². The standard InChI is InChI=1S/C35H54N2S/c1-13-22(9)35(38)32(23(10)21(7)8)34(36)33-28(16-4)24(11)31(29(17-5)30(33)18-6)25(12)37-26(14-2)19-20-27(37)15-3/h13,26-27H,12,14-20,36H2,1-11H3/b22-13-,34-32-. The van der Waals surface area contributed by atoms with Crippen molar-refractivity contribution in [3.63, 3.8) is 0 Å². The van der Waals surface area contributed by atoms with Crippen molar-refractivity contribution in [2.75, 3.05) is 0 Å². The summed E-state index contributed by atoms with van der Waals surface area (Å²) in [6.07, 6.45) is 9.75. The minimum atomic E-state index is 0.574. The first-order chi connectivity index (χ1) is 18.0. The predicted molar refractivity (Wildman–Crippen MR) is 175 cm³/mol. The Morgan fingerprint density at radius 1 is 0.895 bits per heavy atom. The van der Waals surface area contributed by atoms with E-state index in [4.69, 9.17) is 24.5 Å². The number of hydrogen-bond donors (Lipinski definition) is 1. The molecule has 0 spiro atoms. The molecule has 1 heterocycles. The molecule has 1 saturated heterocycles. The number of nitrogens with two attached hydrogens (primary N) is 1. The third kappa shape index (κ3) is 5.88. The van der Waals surface area contributed by atoms with E-state index in [1.165, 1.54) is 63.1 Å². The van der Waals surface area contributed by atoms with Gasteiger partial charge in [-0.1, -0.05) is 65.1 Å². The van der Waals surface area contributed by atoms with Crippen LogP contribution in [0.1, 0.15) is 128 Å². The van der Waals surface area contributed by atoms with Crippen molar-refractivity contribution in [3.8, 4) is 0 Å². The first-order valence-corrected chi connectivity index (χ1v) is 15.3. The normalized spacial score (nSPS) is 18.5. The molecule has 38 heavy (non-hydrogen) atoms. The van der Waals surface area contributed by atoms with E-state index in [0.29, 0.717) is 12.1 Å². The molecule has 0 amide bonds. The summed E-state index contributed by atoms with van der Waals surface area (Å²) in [5, 5.41) is 0. The lowest BCUT2D eigenvalue weighted by atomic mass is 9.79. The minimum Gasteiger partial charge on any atom is -0.398 e. The second-order valence-electron chi connectivity index (χ2n) is 11.1. The molecule has 1 aliphatic heterocycles. The summed E-state index contributed by atoms with van der Waals surface area (Å²) in [5.74, 6) is 0. The minimum absolute atomic E-state index is 0.574. The van der Waals surface area contributed by atoms with Gasteiger partial charge in [-0.05, 0) is 120 Å². The van der Waals surface area contributed by atoms with E-state index in [0.717, 1.165) is 53.8 Å². The Bertz CT molecular complexity index is 1150. The lowest BCUT2D eigenvalue weighted by Gasteiger charge is -2.36. The molecular weight excluding hydrogens is 480 g/mol. The molecular formula is C35H54N2S. The van der Waals surface area contributed by atoms with Crippen molar-refractivity contribution in [1.29, 1.82) is 0 Å². The van der Waals surface area contributed by atoms with E-state index in [2.05, 4.69) is 80.2 Å². The van der Waals surface area contributed by atoms with E-state index in [1.807, 2.05) is 6.92 Å². The molecule has 2 atom stereocenters. The van der Waals surface area contributed by atoms with Crippen LogP contribution in [0.25, 0.3) is 11.4 Å². The Morgan fingerprint density at radius 3 is 1.76 bits per heavy atom. The van der Waals surface area contributed by atoms with Gasteiger partial charge in [0.1, 0.15) is 0 Å². The van der Waals surface area contributed by atoms with Crippen molar-refractivity contribution >= 4 is 28.5 Å². The maximum atomic E-state index is 7.25. The maximum Gasteiger partial charge on any atom is 0.0498 e. The van der Waals surface area contributed by atoms with Crippen LogP contribution in [0.15, 0.2) is 34.9 Å². The first-order valence-electron chi connectivity index (χ1n) is 14.9. The molecule has 2 unspecified atom stereocenters. The fourth-order valence-corrected chi connectivity index (χ4v) is 6.90. The van der Waals surface area contributed by atoms with Gasteiger partial charge >= 0.3 is 0 Å². The summed E-state index contributed by atoms with van der Waals surface area (Å²) in [4.78, 5) is 3.52. The van der Waals surface area contributed by atoms with Crippen LogP contribution in [0.2, 0.25) is 0 Å². The van der Waals surface area contributed by atoms with Crippen LogP contribution in [0.4, 0.5) is 0 Å². The van der Waals surface area contributed by atoms with Gasteiger partial charge < -0.3 is 10.6 Å². The topological polar surface area (TPSA) is 29.3 Å². The zero-order valence-corrected chi connectivity index (χ0v) is 27.1. The molecule has 1 aromatic carbocycles. The number of hydrogen-bond acceptors (Lipinski definition) is 3.